The zero-order valence-electron chi connectivity index (χ0n) is 9.37. The Bertz CT molecular complexity index is 489. The van der Waals surface area contributed by atoms with Crippen LogP contribution in [0, 0.1) is 13.8 Å². The molecule has 16 heavy (non-hydrogen) atoms. The highest BCUT2D eigenvalue weighted by Crippen LogP contribution is 2.14. The van der Waals surface area contributed by atoms with E-state index in [4.69, 9.17) is 0 Å². The third kappa shape index (κ3) is 2.89. The second-order valence-corrected chi connectivity index (χ2v) is 4.77. The highest BCUT2D eigenvalue weighted by atomic mass is 79.9. The van der Waals surface area contributed by atoms with Crippen molar-refractivity contribution in [2.45, 2.75) is 20.3 Å². The van der Waals surface area contributed by atoms with Crippen molar-refractivity contribution < 1.29 is 0 Å². The summed E-state index contributed by atoms with van der Waals surface area (Å²) < 4.78 is 1.10. The first kappa shape index (κ1) is 11.3. The summed E-state index contributed by atoms with van der Waals surface area (Å²) in [6, 6.07) is 10.3. The maximum Gasteiger partial charge on any atom is 0.125 e. The van der Waals surface area contributed by atoms with E-state index in [9.17, 15) is 0 Å². The molecule has 82 valence electrons. The van der Waals surface area contributed by atoms with E-state index < -0.39 is 0 Å². The summed E-state index contributed by atoms with van der Waals surface area (Å²) in [7, 11) is 0. The van der Waals surface area contributed by atoms with Crippen molar-refractivity contribution >= 4 is 15.9 Å². The average molecular weight is 277 g/mol. The lowest BCUT2D eigenvalue weighted by Crippen LogP contribution is -1.98. The quantitative estimate of drug-likeness (QED) is 0.840. The molecule has 2 nitrogen and oxygen atoms in total. The van der Waals surface area contributed by atoms with E-state index in [1.165, 1.54) is 5.56 Å². The van der Waals surface area contributed by atoms with Crippen LogP contribution >= 0.6 is 15.9 Å². The molecule has 0 unspecified atom stereocenters. The standard InChI is InChI=1S/C13H13BrN2/c1-9-6-13(16-10(2)15-9)8-11-4-3-5-12(14)7-11/h3-7H,8H2,1-2H3. The summed E-state index contributed by atoms with van der Waals surface area (Å²) in [4.78, 5) is 8.71. The van der Waals surface area contributed by atoms with E-state index in [0.717, 1.165) is 28.1 Å². The topological polar surface area (TPSA) is 25.8 Å². The molecule has 0 aliphatic heterocycles. The number of benzene rings is 1. The number of halogens is 1. The average Bonchev–Trinajstić information content (AvgIpc) is 2.15. The Labute approximate surface area is 104 Å². The summed E-state index contributed by atoms with van der Waals surface area (Å²) in [5.41, 5.74) is 3.35. The summed E-state index contributed by atoms with van der Waals surface area (Å²) in [6.07, 6.45) is 0.851. The van der Waals surface area contributed by atoms with Gasteiger partial charge in [-0.3, -0.25) is 0 Å². The maximum atomic E-state index is 4.43. The first-order chi connectivity index (χ1) is 7.63. The van der Waals surface area contributed by atoms with Crippen LogP contribution in [0.15, 0.2) is 34.8 Å². The molecular formula is C13H13BrN2. The van der Waals surface area contributed by atoms with Crippen LogP contribution in [0.2, 0.25) is 0 Å². The van der Waals surface area contributed by atoms with Gasteiger partial charge in [-0.1, -0.05) is 28.1 Å². The van der Waals surface area contributed by atoms with Crippen LogP contribution in [0.4, 0.5) is 0 Å². The molecule has 0 spiro atoms. The molecule has 1 heterocycles. The Hall–Kier alpha value is -1.22. The SMILES string of the molecule is Cc1cc(Cc2cccc(Br)c2)nc(C)n1. The number of aromatic nitrogens is 2. The normalized spacial score (nSPS) is 10.4. The summed E-state index contributed by atoms with van der Waals surface area (Å²) in [6.45, 7) is 3.93. The molecule has 0 saturated heterocycles. The summed E-state index contributed by atoms with van der Waals surface area (Å²) in [5.74, 6) is 0.838. The van der Waals surface area contributed by atoms with Crippen LogP contribution < -0.4 is 0 Å². The molecule has 1 aromatic heterocycles. The number of nitrogens with zero attached hydrogens (tertiary/aromatic N) is 2. The lowest BCUT2D eigenvalue weighted by molar-refractivity contribution is 0.941. The second kappa shape index (κ2) is 4.74. The van der Waals surface area contributed by atoms with Gasteiger partial charge in [0.05, 0.1) is 0 Å². The van der Waals surface area contributed by atoms with Gasteiger partial charge in [0.2, 0.25) is 0 Å². The molecule has 2 rings (SSSR count). The van der Waals surface area contributed by atoms with E-state index in [2.05, 4.69) is 38.0 Å². The molecule has 2 aromatic rings. The van der Waals surface area contributed by atoms with Gasteiger partial charge in [0.15, 0.2) is 0 Å². The fourth-order valence-electron chi connectivity index (χ4n) is 1.74. The molecule has 0 amide bonds. The lowest BCUT2D eigenvalue weighted by Gasteiger charge is -2.04. The van der Waals surface area contributed by atoms with Gasteiger partial charge < -0.3 is 0 Å². The van der Waals surface area contributed by atoms with Gasteiger partial charge in [-0.25, -0.2) is 9.97 Å². The number of aryl methyl sites for hydroxylation is 2. The first-order valence-corrected chi connectivity index (χ1v) is 5.98. The number of hydrogen-bond acceptors (Lipinski definition) is 2. The van der Waals surface area contributed by atoms with Gasteiger partial charge >= 0.3 is 0 Å². The molecule has 0 atom stereocenters. The van der Waals surface area contributed by atoms with Gasteiger partial charge in [-0.2, -0.15) is 0 Å². The summed E-state index contributed by atoms with van der Waals surface area (Å²) in [5, 5.41) is 0. The zero-order chi connectivity index (χ0) is 11.5. The van der Waals surface area contributed by atoms with Crippen molar-refractivity contribution in [2.24, 2.45) is 0 Å². The molecule has 0 aliphatic carbocycles. The molecular weight excluding hydrogens is 264 g/mol. The summed E-state index contributed by atoms with van der Waals surface area (Å²) >= 11 is 3.47. The molecule has 0 bridgehead atoms. The Kier molecular flexibility index (Phi) is 3.34. The van der Waals surface area contributed by atoms with Gasteiger partial charge in [0.25, 0.3) is 0 Å². The number of rotatable bonds is 2. The molecule has 3 heteroatoms. The minimum absolute atomic E-state index is 0.838. The minimum atomic E-state index is 0.838. The Morgan fingerprint density at radius 2 is 1.94 bits per heavy atom. The minimum Gasteiger partial charge on any atom is -0.239 e. The van der Waals surface area contributed by atoms with Crippen molar-refractivity contribution in [2.75, 3.05) is 0 Å². The molecule has 0 N–H and O–H groups in total. The van der Waals surface area contributed by atoms with Gasteiger partial charge in [0.1, 0.15) is 5.82 Å². The smallest absolute Gasteiger partial charge is 0.125 e. The largest absolute Gasteiger partial charge is 0.239 e. The molecule has 0 aliphatic rings. The molecule has 0 radical (unpaired) electrons. The molecule has 1 aromatic carbocycles. The Morgan fingerprint density at radius 1 is 1.12 bits per heavy atom. The van der Waals surface area contributed by atoms with Crippen LogP contribution in [0.1, 0.15) is 22.8 Å². The van der Waals surface area contributed by atoms with E-state index in [1.54, 1.807) is 0 Å². The fraction of sp³-hybridized carbons (Fsp3) is 0.231. The van der Waals surface area contributed by atoms with Gasteiger partial charge in [0, 0.05) is 22.3 Å². The predicted molar refractivity (Wildman–Crippen MR) is 68.5 cm³/mol. The monoisotopic (exact) mass is 276 g/mol. The van der Waals surface area contributed by atoms with Crippen LogP contribution in [0.5, 0.6) is 0 Å². The van der Waals surface area contributed by atoms with E-state index in [-0.39, 0.29) is 0 Å². The molecule has 0 fully saturated rings. The zero-order valence-corrected chi connectivity index (χ0v) is 11.0. The van der Waals surface area contributed by atoms with Gasteiger partial charge in [-0.15, -0.1) is 0 Å². The van der Waals surface area contributed by atoms with Crippen molar-refractivity contribution in [3.05, 3.63) is 57.6 Å². The van der Waals surface area contributed by atoms with Gasteiger partial charge in [-0.05, 0) is 37.6 Å². The van der Waals surface area contributed by atoms with Crippen molar-refractivity contribution in [3.63, 3.8) is 0 Å². The third-order valence-corrected chi connectivity index (χ3v) is 2.79. The van der Waals surface area contributed by atoms with Crippen molar-refractivity contribution in [1.29, 1.82) is 0 Å². The van der Waals surface area contributed by atoms with E-state index >= 15 is 0 Å². The first-order valence-electron chi connectivity index (χ1n) is 5.19. The molecule has 0 saturated carbocycles. The fourth-order valence-corrected chi connectivity index (χ4v) is 2.19. The van der Waals surface area contributed by atoms with E-state index in [0.29, 0.717) is 0 Å². The Balaban J connectivity index is 2.27. The van der Waals surface area contributed by atoms with Crippen LogP contribution in [-0.2, 0) is 6.42 Å². The third-order valence-electron chi connectivity index (χ3n) is 2.29. The number of hydrogen-bond donors (Lipinski definition) is 0. The van der Waals surface area contributed by atoms with Crippen molar-refractivity contribution in [1.82, 2.24) is 9.97 Å². The highest BCUT2D eigenvalue weighted by Gasteiger charge is 2.01. The highest BCUT2D eigenvalue weighted by molar-refractivity contribution is 9.10. The van der Waals surface area contributed by atoms with Crippen LogP contribution in [0.3, 0.4) is 0 Å². The Morgan fingerprint density at radius 3 is 2.62 bits per heavy atom. The second-order valence-electron chi connectivity index (χ2n) is 3.85. The predicted octanol–water partition coefficient (Wildman–Crippen LogP) is 3.45. The van der Waals surface area contributed by atoms with Crippen LogP contribution in [-0.4, -0.2) is 9.97 Å². The van der Waals surface area contributed by atoms with Crippen LogP contribution in [0.25, 0.3) is 0 Å². The maximum absolute atomic E-state index is 4.43. The van der Waals surface area contributed by atoms with E-state index in [1.807, 2.05) is 32.0 Å². The lowest BCUT2D eigenvalue weighted by atomic mass is 10.1. The van der Waals surface area contributed by atoms with Crippen molar-refractivity contribution in [3.8, 4) is 0 Å².